The lowest BCUT2D eigenvalue weighted by atomic mass is 10.1. The molecule has 34 heavy (non-hydrogen) atoms. The molecule has 2 N–H and O–H groups in total. The lowest BCUT2D eigenvalue weighted by Crippen LogP contribution is -2.54. The molecule has 0 aromatic heterocycles. The summed E-state index contributed by atoms with van der Waals surface area (Å²) in [6, 6.07) is 18.7. The third-order valence-corrected chi connectivity index (χ3v) is 6.72. The summed E-state index contributed by atoms with van der Waals surface area (Å²) in [5.41, 5.74) is 1.30. The maximum Gasteiger partial charge on any atom is 0.335 e. The molecule has 1 aliphatic rings. The van der Waals surface area contributed by atoms with Crippen molar-refractivity contribution in [1.29, 1.82) is 0 Å². The highest BCUT2D eigenvalue weighted by atomic mass is 32.2. The lowest BCUT2D eigenvalue weighted by Gasteiger charge is -2.32. The fourth-order valence-corrected chi connectivity index (χ4v) is 4.74. The van der Waals surface area contributed by atoms with E-state index in [2.05, 4.69) is 10.1 Å². The Morgan fingerprint density at radius 3 is 2.32 bits per heavy atom. The zero-order valence-electron chi connectivity index (χ0n) is 18.7. The van der Waals surface area contributed by atoms with E-state index < -0.39 is 16.1 Å². The van der Waals surface area contributed by atoms with Crippen LogP contribution in [0.25, 0.3) is 10.8 Å². The van der Waals surface area contributed by atoms with Gasteiger partial charge in [0.05, 0.1) is 24.7 Å². The molecule has 0 bridgehead atoms. The summed E-state index contributed by atoms with van der Waals surface area (Å²) in [6.45, 7) is 2.94. The van der Waals surface area contributed by atoms with Crippen molar-refractivity contribution in [2.24, 2.45) is 0 Å². The van der Waals surface area contributed by atoms with E-state index in [1.54, 1.807) is 41.3 Å². The minimum Gasteiger partial charge on any atom is -0.378 e. The summed E-state index contributed by atoms with van der Waals surface area (Å²) >= 11 is 0. The number of carbonyl (C=O) groups excluding carboxylic acids is 2. The molecular weight excluding hydrogens is 456 g/mol. The van der Waals surface area contributed by atoms with Gasteiger partial charge < -0.3 is 15.0 Å². The molecule has 0 saturated carbocycles. The molecule has 0 radical (unpaired) electrons. The number of nitrogens with zero attached hydrogens (tertiary/aromatic N) is 2. The minimum absolute atomic E-state index is 0.00333. The predicted molar refractivity (Wildman–Crippen MR) is 128 cm³/mol. The Morgan fingerprint density at radius 2 is 1.65 bits per heavy atom. The number of urea groups is 1. The van der Waals surface area contributed by atoms with Crippen LogP contribution in [0.5, 0.6) is 0 Å². The normalized spacial score (nSPS) is 14.1. The monoisotopic (exact) mass is 482 g/mol. The number of sulfonamides is 1. The summed E-state index contributed by atoms with van der Waals surface area (Å²) in [6.07, 6.45) is 0. The first-order valence-electron chi connectivity index (χ1n) is 10.8. The first-order chi connectivity index (χ1) is 16.3. The smallest absolute Gasteiger partial charge is 0.335 e. The van der Waals surface area contributed by atoms with Crippen LogP contribution in [0.15, 0.2) is 71.6 Å². The molecule has 1 aliphatic heterocycles. The Morgan fingerprint density at radius 1 is 0.971 bits per heavy atom. The van der Waals surface area contributed by atoms with Gasteiger partial charge >= 0.3 is 6.03 Å². The maximum atomic E-state index is 13.2. The molecule has 0 spiro atoms. The quantitative estimate of drug-likeness (QED) is 0.525. The Balaban J connectivity index is 1.59. The number of fused-ring (bicyclic) bond motifs is 1. The Bertz CT molecular complexity index is 1290. The second-order valence-electron chi connectivity index (χ2n) is 7.95. The van der Waals surface area contributed by atoms with Gasteiger partial charge in [0.1, 0.15) is 0 Å². The summed E-state index contributed by atoms with van der Waals surface area (Å²) in [7, 11) is -4.04. The van der Waals surface area contributed by atoms with Crippen LogP contribution in [0.4, 0.5) is 10.5 Å². The van der Waals surface area contributed by atoms with Crippen molar-refractivity contribution < 1.29 is 22.7 Å². The molecule has 1 heterocycles. The van der Waals surface area contributed by atoms with E-state index in [0.29, 0.717) is 37.6 Å². The highest BCUT2D eigenvalue weighted by molar-refractivity contribution is 7.89. The summed E-state index contributed by atoms with van der Waals surface area (Å²) < 4.78 is 31.8. The van der Waals surface area contributed by atoms with Crippen molar-refractivity contribution in [1.82, 2.24) is 14.7 Å². The second-order valence-corrected chi connectivity index (χ2v) is 9.61. The number of hydrazine groups is 1. The fourth-order valence-electron chi connectivity index (χ4n) is 3.68. The zero-order chi connectivity index (χ0) is 24.1. The topological polar surface area (TPSA) is 108 Å². The van der Waals surface area contributed by atoms with Gasteiger partial charge in [-0.25, -0.2) is 18.2 Å². The van der Waals surface area contributed by atoms with Gasteiger partial charge in [0.25, 0.3) is 10.0 Å². The number of anilines is 1. The molecule has 3 amide bonds. The van der Waals surface area contributed by atoms with E-state index in [-0.39, 0.29) is 17.3 Å². The molecule has 178 valence electrons. The van der Waals surface area contributed by atoms with Gasteiger partial charge in [0.15, 0.2) is 0 Å². The van der Waals surface area contributed by atoms with Crippen molar-refractivity contribution >= 4 is 38.4 Å². The molecule has 3 aromatic rings. The first kappa shape index (κ1) is 23.7. The van der Waals surface area contributed by atoms with Gasteiger partial charge in [-0.05, 0) is 40.6 Å². The number of hydrogen-bond donors (Lipinski definition) is 2. The van der Waals surface area contributed by atoms with Gasteiger partial charge in [-0.1, -0.05) is 42.5 Å². The molecular formula is C24H26N4O5S. The third-order valence-electron chi connectivity index (χ3n) is 5.39. The number of benzene rings is 3. The van der Waals surface area contributed by atoms with Crippen LogP contribution < -0.4 is 10.1 Å². The van der Waals surface area contributed by atoms with E-state index in [1.165, 1.54) is 13.0 Å². The van der Waals surface area contributed by atoms with E-state index in [1.807, 2.05) is 24.3 Å². The fraction of sp³-hybridized carbons (Fsp3) is 0.250. The van der Waals surface area contributed by atoms with Crippen LogP contribution in [0.2, 0.25) is 0 Å². The minimum atomic E-state index is -4.04. The van der Waals surface area contributed by atoms with E-state index in [4.69, 9.17) is 4.74 Å². The molecule has 1 fully saturated rings. The summed E-state index contributed by atoms with van der Waals surface area (Å²) in [5.74, 6) is -0.194. The lowest BCUT2D eigenvalue weighted by molar-refractivity contribution is -0.114. The van der Waals surface area contributed by atoms with Crippen LogP contribution in [-0.4, -0.2) is 56.6 Å². The number of morpholine rings is 1. The molecule has 10 heteroatoms. The Kier molecular flexibility index (Phi) is 7.11. The van der Waals surface area contributed by atoms with E-state index in [9.17, 15) is 18.0 Å². The number of hydrogen-bond acceptors (Lipinski definition) is 5. The molecule has 0 atom stereocenters. The molecule has 4 rings (SSSR count). The van der Waals surface area contributed by atoms with Crippen LogP contribution >= 0.6 is 0 Å². The number of amides is 3. The van der Waals surface area contributed by atoms with Gasteiger partial charge in [-0.15, -0.1) is 4.83 Å². The Labute approximate surface area is 198 Å². The van der Waals surface area contributed by atoms with Gasteiger partial charge in [0.2, 0.25) is 5.91 Å². The van der Waals surface area contributed by atoms with Crippen LogP contribution in [0.3, 0.4) is 0 Å². The van der Waals surface area contributed by atoms with Crippen molar-refractivity contribution in [3.05, 3.63) is 72.3 Å². The molecule has 3 aromatic carbocycles. The summed E-state index contributed by atoms with van der Waals surface area (Å²) in [5, 5.41) is 5.48. The summed E-state index contributed by atoms with van der Waals surface area (Å²) in [4.78, 5) is 28.6. The van der Waals surface area contributed by atoms with Crippen molar-refractivity contribution in [2.45, 2.75) is 18.4 Å². The third kappa shape index (κ3) is 5.71. The number of carbonyl (C=O) groups is 2. The number of rotatable bonds is 6. The van der Waals surface area contributed by atoms with E-state index >= 15 is 0 Å². The van der Waals surface area contributed by atoms with Gasteiger partial charge in [-0.2, -0.15) is 0 Å². The average Bonchev–Trinajstić information content (AvgIpc) is 2.84. The van der Waals surface area contributed by atoms with Crippen molar-refractivity contribution in [3.63, 3.8) is 0 Å². The first-order valence-corrected chi connectivity index (χ1v) is 12.3. The van der Waals surface area contributed by atoms with Crippen LogP contribution in [0, 0.1) is 0 Å². The maximum absolute atomic E-state index is 13.2. The highest BCUT2D eigenvalue weighted by Gasteiger charge is 2.28. The zero-order valence-corrected chi connectivity index (χ0v) is 19.5. The van der Waals surface area contributed by atoms with E-state index in [0.717, 1.165) is 15.8 Å². The van der Waals surface area contributed by atoms with Crippen molar-refractivity contribution in [2.75, 3.05) is 31.6 Å². The SMILES string of the molecule is CC(=O)Nc1ccc(CN(NS(=O)(=O)c2ccc3ccccc3c2)C(=O)N2CCOCC2)cc1. The van der Waals surface area contributed by atoms with Gasteiger partial charge in [-0.3, -0.25) is 4.79 Å². The molecule has 1 saturated heterocycles. The predicted octanol–water partition coefficient (Wildman–Crippen LogP) is 2.95. The Hall–Kier alpha value is -3.47. The van der Waals surface area contributed by atoms with Crippen LogP contribution in [-0.2, 0) is 26.1 Å². The second kappa shape index (κ2) is 10.2. The van der Waals surface area contributed by atoms with Crippen LogP contribution in [0.1, 0.15) is 12.5 Å². The highest BCUT2D eigenvalue weighted by Crippen LogP contribution is 2.20. The number of ether oxygens (including phenoxy) is 1. The largest absolute Gasteiger partial charge is 0.378 e. The number of nitrogens with one attached hydrogen (secondary N) is 2. The molecule has 0 aliphatic carbocycles. The standard InChI is InChI=1S/C24H26N4O5S/c1-18(29)25-22-9-6-19(7-10-22)17-28(24(30)27-12-14-33-15-13-27)26-34(31,32)23-11-8-20-4-2-3-5-21(20)16-23/h2-11,16,26H,12-15,17H2,1H3,(H,25,29). The van der Waals surface area contributed by atoms with Gasteiger partial charge in [0, 0.05) is 25.7 Å². The van der Waals surface area contributed by atoms with Crippen molar-refractivity contribution in [3.8, 4) is 0 Å². The molecule has 0 unspecified atom stereocenters. The molecule has 9 nitrogen and oxygen atoms in total. The average molecular weight is 483 g/mol.